The first-order valence-corrected chi connectivity index (χ1v) is 15.6. The van der Waals surface area contributed by atoms with Crippen LogP contribution >= 0.6 is 11.6 Å². The molecule has 2 amide bonds. The van der Waals surface area contributed by atoms with E-state index in [0.717, 1.165) is 56.9 Å². The maximum absolute atomic E-state index is 14.4. The molecule has 2 aromatic carbocycles. The van der Waals surface area contributed by atoms with Gasteiger partial charge < -0.3 is 10.2 Å². The molecule has 1 atom stereocenters. The third-order valence-electron chi connectivity index (χ3n) is 8.85. The van der Waals surface area contributed by atoms with Crippen LogP contribution in [0.3, 0.4) is 0 Å². The molecule has 0 radical (unpaired) electrons. The van der Waals surface area contributed by atoms with Crippen LogP contribution in [0.15, 0.2) is 47.5 Å². The lowest BCUT2D eigenvalue weighted by Gasteiger charge is -2.46. The van der Waals surface area contributed by atoms with E-state index in [1.165, 1.54) is 12.1 Å². The first-order valence-electron chi connectivity index (χ1n) is 15.2. The molecule has 3 aromatic rings. The summed E-state index contributed by atoms with van der Waals surface area (Å²) >= 11 is 6.21. The van der Waals surface area contributed by atoms with E-state index < -0.39 is 11.5 Å². The second-order valence-electron chi connectivity index (χ2n) is 12.0. The molecular weight excluding hydrogens is 569 g/mol. The number of aliphatic imine (C=N–C) groups is 1. The van der Waals surface area contributed by atoms with Crippen molar-refractivity contribution in [1.29, 1.82) is 0 Å². The van der Waals surface area contributed by atoms with Crippen molar-refractivity contribution in [2.75, 3.05) is 0 Å². The van der Waals surface area contributed by atoms with Crippen LogP contribution in [0.4, 0.5) is 4.39 Å². The Morgan fingerprint density at radius 3 is 2.53 bits per heavy atom. The number of nitrogens with one attached hydrogen (secondary N) is 2. The normalized spacial score (nSPS) is 21.0. The van der Waals surface area contributed by atoms with Crippen molar-refractivity contribution in [3.05, 3.63) is 75.8 Å². The van der Waals surface area contributed by atoms with E-state index in [4.69, 9.17) is 16.6 Å². The molecule has 0 bridgehead atoms. The number of H-pyrrole nitrogens is 1. The number of amides is 2. The minimum Gasteiger partial charge on any atom is -0.345 e. The number of hydrogen-bond donors (Lipinski definition) is 2. The summed E-state index contributed by atoms with van der Waals surface area (Å²) in [6.45, 7) is 6.80. The first-order chi connectivity index (χ1) is 20.7. The van der Waals surface area contributed by atoms with Crippen LogP contribution in [0, 0.1) is 17.7 Å². The summed E-state index contributed by atoms with van der Waals surface area (Å²) < 4.78 is 14.4. The zero-order valence-electron chi connectivity index (χ0n) is 24.9. The molecular formula is C32H39ClFN7O2. The van der Waals surface area contributed by atoms with Crippen LogP contribution in [0.2, 0.25) is 5.02 Å². The van der Waals surface area contributed by atoms with Gasteiger partial charge in [-0.3, -0.25) is 14.6 Å². The second kappa shape index (κ2) is 13.3. The Hall–Kier alpha value is -3.66. The van der Waals surface area contributed by atoms with E-state index in [9.17, 15) is 14.0 Å². The molecule has 1 saturated carbocycles. The van der Waals surface area contributed by atoms with Gasteiger partial charge in [-0.15, -0.1) is 10.2 Å². The molecule has 0 saturated heterocycles. The fourth-order valence-electron chi connectivity index (χ4n) is 6.45. The van der Waals surface area contributed by atoms with Crippen LogP contribution in [-0.2, 0) is 11.3 Å². The van der Waals surface area contributed by atoms with E-state index in [1.54, 1.807) is 18.2 Å². The van der Waals surface area contributed by atoms with Crippen molar-refractivity contribution < 1.29 is 14.0 Å². The fourth-order valence-corrected chi connectivity index (χ4v) is 6.67. The second-order valence-corrected chi connectivity index (χ2v) is 12.4. The van der Waals surface area contributed by atoms with Gasteiger partial charge in [-0.2, -0.15) is 5.21 Å². The average Bonchev–Trinajstić information content (AvgIpc) is 3.61. The monoisotopic (exact) mass is 607 g/mol. The average molecular weight is 608 g/mol. The predicted octanol–water partition coefficient (Wildman–Crippen LogP) is 6.42. The molecule has 2 N–H and O–H groups in total. The number of hydrogen-bond acceptors (Lipinski definition) is 6. The molecule has 11 heteroatoms. The van der Waals surface area contributed by atoms with Crippen molar-refractivity contribution in [3.8, 4) is 0 Å². The lowest BCUT2D eigenvalue weighted by molar-refractivity contribution is -0.133. The highest BCUT2D eigenvalue weighted by atomic mass is 35.5. The molecule has 43 heavy (non-hydrogen) atoms. The summed E-state index contributed by atoms with van der Waals surface area (Å²) in [4.78, 5) is 34.3. The highest BCUT2D eigenvalue weighted by molar-refractivity contribution is 6.47. The first kappa shape index (κ1) is 30.8. The molecule has 9 nitrogen and oxygen atoms in total. The lowest BCUT2D eigenvalue weighted by atomic mass is 9.76. The molecule has 5 rings (SSSR count). The minimum atomic E-state index is -0.714. The van der Waals surface area contributed by atoms with Gasteiger partial charge in [0.2, 0.25) is 0 Å². The molecule has 1 fully saturated rings. The van der Waals surface area contributed by atoms with Gasteiger partial charge in [-0.25, -0.2) is 4.39 Å². The maximum atomic E-state index is 14.4. The standard InChI is InChI=1S/C32H39ClFN7O2/c1-4-5-6-7-27(22-8-10-23(11-9-22)30(42)35-19-28-37-39-40-38-28)41-31(43)29(24-16-25(33)18-26(34)17-24)36-32(41)14-12-21(13-15-32)20(2)3/h8-11,16-18,20-21,27H,4-7,12-15,19H2,1-3H3,(H,35,42)(H,37,38,39,40)/t21?,27-,32?/m1/s1. The van der Waals surface area contributed by atoms with Crippen LogP contribution in [-0.4, -0.2) is 48.7 Å². The third kappa shape index (κ3) is 6.79. The number of unbranched alkanes of at least 4 members (excludes halogenated alkanes) is 2. The van der Waals surface area contributed by atoms with Gasteiger partial charge in [-0.05, 0) is 79.8 Å². The molecule has 2 heterocycles. The molecule has 2 aliphatic rings. The summed E-state index contributed by atoms with van der Waals surface area (Å²) in [5.74, 6) is 0.547. The molecule has 228 valence electrons. The zero-order chi connectivity index (χ0) is 30.6. The number of nitrogens with zero attached hydrogens (tertiary/aromatic N) is 5. The number of halogens is 2. The largest absolute Gasteiger partial charge is 0.345 e. The minimum absolute atomic E-state index is 0.156. The van der Waals surface area contributed by atoms with Crippen molar-refractivity contribution in [3.63, 3.8) is 0 Å². The Morgan fingerprint density at radius 1 is 1.16 bits per heavy atom. The Labute approximate surface area is 256 Å². The van der Waals surface area contributed by atoms with Crippen LogP contribution in [0.5, 0.6) is 0 Å². The third-order valence-corrected chi connectivity index (χ3v) is 9.06. The number of aromatic nitrogens is 4. The molecule has 0 unspecified atom stereocenters. The number of tetrazole rings is 1. The van der Waals surface area contributed by atoms with Gasteiger partial charge in [0.05, 0.1) is 12.6 Å². The number of rotatable bonds is 11. The van der Waals surface area contributed by atoms with E-state index in [-0.39, 0.29) is 35.1 Å². The van der Waals surface area contributed by atoms with E-state index in [1.807, 2.05) is 17.0 Å². The van der Waals surface area contributed by atoms with E-state index >= 15 is 0 Å². The number of carbonyl (C=O) groups is 2. The smallest absolute Gasteiger partial charge is 0.275 e. The van der Waals surface area contributed by atoms with Gasteiger partial charge in [0.1, 0.15) is 17.2 Å². The summed E-state index contributed by atoms with van der Waals surface area (Å²) in [6, 6.07) is 11.4. The Morgan fingerprint density at radius 2 is 1.91 bits per heavy atom. The van der Waals surface area contributed by atoms with Crippen LogP contribution < -0.4 is 5.32 Å². The molecule has 1 aliphatic carbocycles. The SMILES string of the molecule is CCCCC[C@H](c1ccc(C(=O)NCc2nn[nH]n2)cc1)N1C(=O)C(c2cc(F)cc(Cl)c2)=NC12CCC(C(C)C)CC2. The molecule has 1 spiro atoms. The number of carbonyl (C=O) groups excluding carboxylic acids is 2. The van der Waals surface area contributed by atoms with Gasteiger partial charge in [0.15, 0.2) is 5.82 Å². The summed E-state index contributed by atoms with van der Waals surface area (Å²) in [6.07, 6.45) is 7.18. The Bertz CT molecular complexity index is 1430. The summed E-state index contributed by atoms with van der Waals surface area (Å²) in [5, 5.41) is 16.6. The zero-order valence-corrected chi connectivity index (χ0v) is 25.7. The highest BCUT2D eigenvalue weighted by Gasteiger charge is 2.52. The van der Waals surface area contributed by atoms with Crippen LogP contribution in [0.25, 0.3) is 0 Å². The van der Waals surface area contributed by atoms with Gasteiger partial charge in [0.25, 0.3) is 11.8 Å². The summed E-state index contributed by atoms with van der Waals surface area (Å²) in [7, 11) is 0. The quantitative estimate of drug-likeness (QED) is 0.244. The molecule has 1 aromatic heterocycles. The fraction of sp³-hybridized carbons (Fsp3) is 0.500. The number of benzene rings is 2. The van der Waals surface area contributed by atoms with Crippen molar-refractivity contribution in [2.45, 2.75) is 90.4 Å². The van der Waals surface area contributed by atoms with Gasteiger partial charge in [-0.1, -0.05) is 69.0 Å². The topological polar surface area (TPSA) is 116 Å². The van der Waals surface area contributed by atoms with E-state index in [2.05, 4.69) is 46.7 Å². The van der Waals surface area contributed by atoms with Gasteiger partial charge in [0, 0.05) is 16.1 Å². The van der Waals surface area contributed by atoms with Crippen molar-refractivity contribution >= 4 is 29.1 Å². The van der Waals surface area contributed by atoms with Gasteiger partial charge >= 0.3 is 0 Å². The highest BCUT2D eigenvalue weighted by Crippen LogP contribution is 2.48. The Kier molecular flexibility index (Phi) is 9.54. The lowest BCUT2D eigenvalue weighted by Crippen LogP contribution is -2.51. The maximum Gasteiger partial charge on any atom is 0.275 e. The van der Waals surface area contributed by atoms with Crippen molar-refractivity contribution in [2.24, 2.45) is 16.8 Å². The summed E-state index contributed by atoms with van der Waals surface area (Å²) in [5.41, 5.74) is 1.39. The van der Waals surface area contributed by atoms with Crippen LogP contribution in [0.1, 0.15) is 105 Å². The number of aromatic amines is 1. The predicted molar refractivity (Wildman–Crippen MR) is 163 cm³/mol. The molecule has 1 aliphatic heterocycles. The van der Waals surface area contributed by atoms with E-state index in [0.29, 0.717) is 28.8 Å². The Balaban J connectivity index is 1.48. The van der Waals surface area contributed by atoms with Crippen molar-refractivity contribution in [1.82, 2.24) is 30.8 Å².